The van der Waals surface area contributed by atoms with Crippen molar-refractivity contribution in [3.05, 3.63) is 0 Å². The van der Waals surface area contributed by atoms with Crippen LogP contribution in [0.15, 0.2) is 0 Å². The Morgan fingerprint density at radius 2 is 1.75 bits per heavy atom. The molecule has 12 heavy (non-hydrogen) atoms. The van der Waals surface area contributed by atoms with Gasteiger partial charge in [0, 0.05) is 6.92 Å². The predicted octanol–water partition coefficient (Wildman–Crippen LogP) is 1.83. The lowest BCUT2D eigenvalue weighted by Gasteiger charge is -2.06. The Balaban J connectivity index is 0. The van der Waals surface area contributed by atoms with Gasteiger partial charge < -0.3 is 10.0 Å². The number of hydrogen-bond donors (Lipinski definition) is 1. The van der Waals surface area contributed by atoms with Crippen molar-refractivity contribution < 1.29 is 9.90 Å². The van der Waals surface area contributed by atoms with Crippen molar-refractivity contribution in [3.63, 3.8) is 0 Å². The highest BCUT2D eigenvalue weighted by Crippen LogP contribution is 1.93. The molecule has 3 nitrogen and oxygen atoms in total. The van der Waals surface area contributed by atoms with Crippen molar-refractivity contribution in [2.45, 2.75) is 33.1 Å². The average molecular weight is 175 g/mol. The van der Waals surface area contributed by atoms with Crippen molar-refractivity contribution >= 4 is 5.97 Å². The lowest BCUT2D eigenvalue weighted by molar-refractivity contribution is -0.134. The van der Waals surface area contributed by atoms with Crippen LogP contribution in [0.25, 0.3) is 0 Å². The summed E-state index contributed by atoms with van der Waals surface area (Å²) >= 11 is 0. The first-order chi connectivity index (χ1) is 5.50. The van der Waals surface area contributed by atoms with E-state index < -0.39 is 5.97 Å². The molecular formula is C9H21NO2. The van der Waals surface area contributed by atoms with Gasteiger partial charge in [-0.1, -0.05) is 19.8 Å². The summed E-state index contributed by atoms with van der Waals surface area (Å²) < 4.78 is 0. The van der Waals surface area contributed by atoms with Crippen LogP contribution in [-0.2, 0) is 4.79 Å². The van der Waals surface area contributed by atoms with E-state index in [4.69, 9.17) is 9.90 Å². The quantitative estimate of drug-likeness (QED) is 0.663. The highest BCUT2D eigenvalue weighted by Gasteiger charge is 1.86. The van der Waals surface area contributed by atoms with E-state index in [0.29, 0.717) is 0 Å². The van der Waals surface area contributed by atoms with Gasteiger partial charge in [-0.25, -0.2) is 0 Å². The molecule has 0 fully saturated rings. The monoisotopic (exact) mass is 175 g/mol. The van der Waals surface area contributed by atoms with E-state index in [1.165, 1.54) is 25.8 Å². The van der Waals surface area contributed by atoms with Crippen molar-refractivity contribution in [1.29, 1.82) is 0 Å². The Morgan fingerprint density at radius 3 is 2.00 bits per heavy atom. The summed E-state index contributed by atoms with van der Waals surface area (Å²) in [6, 6.07) is 0. The zero-order valence-electron chi connectivity index (χ0n) is 8.63. The molecule has 1 N–H and O–H groups in total. The Labute approximate surface area is 75.4 Å². The van der Waals surface area contributed by atoms with Gasteiger partial charge in [-0.3, -0.25) is 4.79 Å². The fraction of sp³-hybridized carbons (Fsp3) is 0.889. The highest BCUT2D eigenvalue weighted by molar-refractivity contribution is 5.62. The minimum Gasteiger partial charge on any atom is -0.481 e. The van der Waals surface area contributed by atoms with Gasteiger partial charge in [-0.15, -0.1) is 0 Å². The predicted molar refractivity (Wildman–Crippen MR) is 51.4 cm³/mol. The summed E-state index contributed by atoms with van der Waals surface area (Å²) in [6.45, 7) is 4.56. The average Bonchev–Trinajstić information content (AvgIpc) is 1.86. The molecule has 0 aromatic heterocycles. The molecule has 0 atom stereocenters. The fourth-order valence-electron chi connectivity index (χ4n) is 0.678. The lowest BCUT2D eigenvalue weighted by Crippen LogP contribution is -2.12. The lowest BCUT2D eigenvalue weighted by atomic mass is 10.2. The van der Waals surface area contributed by atoms with E-state index >= 15 is 0 Å². The largest absolute Gasteiger partial charge is 0.481 e. The zero-order valence-corrected chi connectivity index (χ0v) is 8.63. The van der Waals surface area contributed by atoms with Crippen LogP contribution in [0.5, 0.6) is 0 Å². The van der Waals surface area contributed by atoms with Crippen molar-refractivity contribution in [2.24, 2.45) is 0 Å². The second-order valence-corrected chi connectivity index (χ2v) is 3.03. The summed E-state index contributed by atoms with van der Waals surface area (Å²) in [7, 11) is 4.24. The first kappa shape index (κ1) is 14.0. The van der Waals surface area contributed by atoms with E-state index in [0.717, 1.165) is 6.92 Å². The summed E-state index contributed by atoms with van der Waals surface area (Å²) in [4.78, 5) is 11.2. The van der Waals surface area contributed by atoms with Gasteiger partial charge >= 0.3 is 0 Å². The Kier molecular flexibility index (Phi) is 12.2. The molecule has 0 aliphatic carbocycles. The Morgan fingerprint density at radius 1 is 1.33 bits per heavy atom. The molecule has 0 saturated carbocycles. The number of carboxylic acid groups (broad SMARTS) is 1. The first-order valence-corrected chi connectivity index (χ1v) is 4.35. The standard InChI is InChI=1S/C7H17N.C2H4O2/c1-4-5-6-7-8(2)3;1-2(3)4/h4-7H2,1-3H3;1H3,(H,3,4). The summed E-state index contributed by atoms with van der Waals surface area (Å²) in [5.41, 5.74) is 0. The van der Waals surface area contributed by atoms with Gasteiger partial charge in [0.25, 0.3) is 5.97 Å². The molecule has 0 radical (unpaired) electrons. The van der Waals surface area contributed by atoms with Gasteiger partial charge in [-0.2, -0.15) is 0 Å². The van der Waals surface area contributed by atoms with Gasteiger partial charge in [0.05, 0.1) is 0 Å². The topological polar surface area (TPSA) is 40.5 Å². The number of nitrogens with zero attached hydrogens (tertiary/aromatic N) is 1. The maximum atomic E-state index is 9.00. The summed E-state index contributed by atoms with van der Waals surface area (Å²) in [5.74, 6) is -0.833. The second-order valence-electron chi connectivity index (χ2n) is 3.03. The van der Waals surface area contributed by atoms with Crippen molar-refractivity contribution in [2.75, 3.05) is 20.6 Å². The van der Waals surface area contributed by atoms with E-state index in [1.54, 1.807) is 0 Å². The number of carbonyl (C=O) groups is 1. The summed E-state index contributed by atoms with van der Waals surface area (Å²) in [6.07, 6.45) is 4.05. The third-order valence-electron chi connectivity index (χ3n) is 1.21. The fourth-order valence-corrected chi connectivity index (χ4v) is 0.678. The molecule has 0 bridgehead atoms. The van der Waals surface area contributed by atoms with Crippen LogP contribution >= 0.6 is 0 Å². The van der Waals surface area contributed by atoms with Gasteiger partial charge in [0.2, 0.25) is 0 Å². The van der Waals surface area contributed by atoms with Crippen molar-refractivity contribution in [1.82, 2.24) is 4.90 Å². The SMILES string of the molecule is CC(=O)O.CCCCCN(C)C. The third-order valence-corrected chi connectivity index (χ3v) is 1.21. The molecule has 74 valence electrons. The number of aliphatic carboxylic acids is 1. The molecule has 0 aromatic carbocycles. The van der Waals surface area contributed by atoms with E-state index in [2.05, 4.69) is 25.9 Å². The van der Waals surface area contributed by atoms with Gasteiger partial charge in [0.15, 0.2) is 0 Å². The number of carboxylic acids is 1. The highest BCUT2D eigenvalue weighted by atomic mass is 16.4. The van der Waals surface area contributed by atoms with Crippen molar-refractivity contribution in [3.8, 4) is 0 Å². The second kappa shape index (κ2) is 10.4. The minimum absolute atomic E-state index is 0.833. The van der Waals surface area contributed by atoms with E-state index in [9.17, 15) is 0 Å². The smallest absolute Gasteiger partial charge is 0.300 e. The minimum atomic E-state index is -0.833. The molecule has 0 spiro atoms. The number of unbranched alkanes of at least 4 members (excludes halogenated alkanes) is 2. The van der Waals surface area contributed by atoms with Gasteiger partial charge in [-0.05, 0) is 27.1 Å². The van der Waals surface area contributed by atoms with Crippen LogP contribution in [0.1, 0.15) is 33.1 Å². The third kappa shape index (κ3) is 34.1. The zero-order chi connectivity index (χ0) is 9.98. The number of hydrogen-bond acceptors (Lipinski definition) is 2. The van der Waals surface area contributed by atoms with E-state index in [-0.39, 0.29) is 0 Å². The van der Waals surface area contributed by atoms with Crippen LogP contribution in [0.2, 0.25) is 0 Å². The molecule has 0 aliphatic heterocycles. The molecule has 0 unspecified atom stereocenters. The van der Waals surface area contributed by atoms with E-state index in [1.807, 2.05) is 0 Å². The Bertz CT molecular complexity index is 98.7. The Hall–Kier alpha value is -0.570. The molecule has 0 rings (SSSR count). The molecule has 0 aliphatic rings. The molecule has 0 amide bonds. The van der Waals surface area contributed by atoms with Crippen LogP contribution in [0.3, 0.4) is 0 Å². The number of rotatable bonds is 4. The maximum Gasteiger partial charge on any atom is 0.300 e. The molecule has 0 heterocycles. The van der Waals surface area contributed by atoms with Crippen LogP contribution < -0.4 is 0 Å². The van der Waals surface area contributed by atoms with Crippen LogP contribution in [-0.4, -0.2) is 36.6 Å². The van der Waals surface area contributed by atoms with Gasteiger partial charge in [0.1, 0.15) is 0 Å². The normalized spacial score (nSPS) is 9.08. The van der Waals surface area contributed by atoms with Crippen LogP contribution in [0, 0.1) is 0 Å². The molecular weight excluding hydrogens is 154 g/mol. The van der Waals surface area contributed by atoms with Crippen LogP contribution in [0.4, 0.5) is 0 Å². The molecule has 3 heteroatoms. The summed E-state index contributed by atoms with van der Waals surface area (Å²) in [5, 5.41) is 7.42. The maximum absolute atomic E-state index is 9.00. The molecule has 0 aromatic rings. The first-order valence-electron chi connectivity index (χ1n) is 4.35. The molecule has 0 saturated heterocycles.